The van der Waals surface area contributed by atoms with Gasteiger partial charge in [0, 0.05) is 12.8 Å². The van der Waals surface area contributed by atoms with E-state index in [0.29, 0.717) is 29.9 Å². The molecule has 1 heterocycles. The summed E-state index contributed by atoms with van der Waals surface area (Å²) in [4.78, 5) is 0. The normalized spacial score (nSPS) is 26.3. The molecule has 1 aromatic rings. The standard InChI is InChI=1S/C14H20O6/c1-18-13-4-9(7-15)2-3-12(13)20-14-6-10(17)5-11(8-16)19-14/h2-4,10-11,14-17H,5-8H2,1H3/t10-,11?,14-/m0/s1. The molecule has 0 aromatic heterocycles. The van der Waals surface area contributed by atoms with Crippen LogP contribution in [0.1, 0.15) is 18.4 Å². The minimum absolute atomic E-state index is 0.0815. The molecule has 1 fully saturated rings. The molecule has 6 nitrogen and oxygen atoms in total. The monoisotopic (exact) mass is 284 g/mol. The summed E-state index contributed by atoms with van der Waals surface area (Å²) in [7, 11) is 1.51. The Balaban J connectivity index is 2.08. The van der Waals surface area contributed by atoms with E-state index in [9.17, 15) is 5.11 Å². The third kappa shape index (κ3) is 3.61. The zero-order valence-electron chi connectivity index (χ0n) is 11.4. The van der Waals surface area contributed by atoms with Gasteiger partial charge in [0.15, 0.2) is 11.5 Å². The molecule has 1 saturated heterocycles. The zero-order chi connectivity index (χ0) is 14.5. The van der Waals surface area contributed by atoms with E-state index >= 15 is 0 Å². The molecule has 0 amide bonds. The molecular formula is C14H20O6. The van der Waals surface area contributed by atoms with Crippen molar-refractivity contribution in [2.45, 2.75) is 37.9 Å². The van der Waals surface area contributed by atoms with Crippen molar-refractivity contribution in [1.29, 1.82) is 0 Å². The predicted octanol–water partition coefficient (Wildman–Crippen LogP) is 0.425. The highest BCUT2D eigenvalue weighted by atomic mass is 16.7. The van der Waals surface area contributed by atoms with Crippen LogP contribution >= 0.6 is 0 Å². The topological polar surface area (TPSA) is 88.4 Å². The molecular weight excluding hydrogens is 264 g/mol. The first-order valence-electron chi connectivity index (χ1n) is 6.55. The zero-order valence-corrected chi connectivity index (χ0v) is 11.4. The number of hydrogen-bond donors (Lipinski definition) is 3. The van der Waals surface area contributed by atoms with Gasteiger partial charge in [-0.2, -0.15) is 0 Å². The Labute approximate surface area is 117 Å². The largest absolute Gasteiger partial charge is 0.493 e. The lowest BCUT2D eigenvalue weighted by Crippen LogP contribution is -2.40. The molecule has 6 heteroatoms. The Morgan fingerprint density at radius 1 is 1.25 bits per heavy atom. The first-order chi connectivity index (χ1) is 9.66. The molecule has 0 radical (unpaired) electrons. The highest BCUT2D eigenvalue weighted by Crippen LogP contribution is 2.31. The number of methoxy groups -OCH3 is 1. The van der Waals surface area contributed by atoms with Gasteiger partial charge in [-0.3, -0.25) is 0 Å². The van der Waals surface area contributed by atoms with Crippen molar-refractivity contribution in [1.82, 2.24) is 0 Å². The molecule has 1 aliphatic rings. The highest BCUT2D eigenvalue weighted by Gasteiger charge is 2.29. The minimum Gasteiger partial charge on any atom is -0.493 e. The van der Waals surface area contributed by atoms with Gasteiger partial charge in [-0.1, -0.05) is 6.07 Å². The summed E-state index contributed by atoms with van der Waals surface area (Å²) < 4.78 is 16.4. The minimum atomic E-state index is -0.634. The molecule has 1 aromatic carbocycles. The van der Waals surface area contributed by atoms with Crippen molar-refractivity contribution in [2.75, 3.05) is 13.7 Å². The molecule has 112 valence electrons. The Hall–Kier alpha value is -1.34. The second-order valence-corrected chi connectivity index (χ2v) is 4.76. The Morgan fingerprint density at radius 3 is 2.70 bits per heavy atom. The highest BCUT2D eigenvalue weighted by molar-refractivity contribution is 5.42. The molecule has 0 aliphatic carbocycles. The van der Waals surface area contributed by atoms with Gasteiger partial charge in [0.05, 0.1) is 32.5 Å². The smallest absolute Gasteiger partial charge is 0.202 e. The van der Waals surface area contributed by atoms with Gasteiger partial charge in [-0.15, -0.1) is 0 Å². The molecule has 0 saturated carbocycles. The average molecular weight is 284 g/mol. The molecule has 20 heavy (non-hydrogen) atoms. The molecule has 0 spiro atoms. The number of rotatable bonds is 5. The van der Waals surface area contributed by atoms with Crippen LogP contribution in [0, 0.1) is 0 Å². The molecule has 1 aliphatic heterocycles. The van der Waals surface area contributed by atoms with Crippen LogP contribution in [-0.4, -0.2) is 47.5 Å². The molecule has 3 atom stereocenters. The first kappa shape index (κ1) is 15.1. The lowest BCUT2D eigenvalue weighted by molar-refractivity contribution is -0.185. The summed E-state index contributed by atoms with van der Waals surface area (Å²) in [5.41, 5.74) is 0.715. The van der Waals surface area contributed by atoms with Crippen LogP contribution in [0.25, 0.3) is 0 Å². The van der Waals surface area contributed by atoms with Gasteiger partial charge in [0.25, 0.3) is 0 Å². The maximum absolute atomic E-state index is 9.73. The Morgan fingerprint density at radius 2 is 2.05 bits per heavy atom. The van der Waals surface area contributed by atoms with Crippen molar-refractivity contribution in [3.63, 3.8) is 0 Å². The fraction of sp³-hybridized carbons (Fsp3) is 0.571. The van der Waals surface area contributed by atoms with Gasteiger partial charge >= 0.3 is 0 Å². The van der Waals surface area contributed by atoms with E-state index in [2.05, 4.69) is 0 Å². The maximum Gasteiger partial charge on any atom is 0.202 e. The van der Waals surface area contributed by atoms with Crippen molar-refractivity contribution >= 4 is 0 Å². The molecule has 2 rings (SSSR count). The predicted molar refractivity (Wildman–Crippen MR) is 70.5 cm³/mol. The lowest BCUT2D eigenvalue weighted by Gasteiger charge is -2.32. The van der Waals surface area contributed by atoms with E-state index < -0.39 is 18.5 Å². The van der Waals surface area contributed by atoms with Crippen molar-refractivity contribution < 1.29 is 29.5 Å². The molecule has 1 unspecified atom stereocenters. The van der Waals surface area contributed by atoms with E-state index in [4.69, 9.17) is 24.4 Å². The lowest BCUT2D eigenvalue weighted by atomic mass is 10.1. The number of aliphatic hydroxyl groups excluding tert-OH is 3. The summed E-state index contributed by atoms with van der Waals surface area (Å²) in [6.45, 7) is -0.237. The number of aliphatic hydroxyl groups is 3. The third-order valence-electron chi connectivity index (χ3n) is 3.22. The summed E-state index contributed by atoms with van der Waals surface area (Å²) in [5, 5.41) is 27.9. The van der Waals surface area contributed by atoms with Crippen LogP contribution in [0.5, 0.6) is 11.5 Å². The van der Waals surface area contributed by atoms with Crippen LogP contribution in [-0.2, 0) is 11.3 Å². The van der Waals surface area contributed by atoms with Crippen LogP contribution in [0.3, 0.4) is 0 Å². The van der Waals surface area contributed by atoms with Crippen molar-refractivity contribution in [2.24, 2.45) is 0 Å². The number of hydrogen-bond acceptors (Lipinski definition) is 6. The van der Waals surface area contributed by atoms with E-state index in [1.165, 1.54) is 7.11 Å². The van der Waals surface area contributed by atoms with E-state index in [1.807, 2.05) is 0 Å². The summed E-state index contributed by atoms with van der Waals surface area (Å²) in [6.07, 6.45) is -0.886. The van der Waals surface area contributed by atoms with E-state index in [0.717, 1.165) is 0 Å². The molecule has 0 bridgehead atoms. The van der Waals surface area contributed by atoms with Gasteiger partial charge in [-0.05, 0) is 17.7 Å². The summed E-state index contributed by atoms with van der Waals surface area (Å²) >= 11 is 0. The van der Waals surface area contributed by atoms with Crippen molar-refractivity contribution in [3.8, 4) is 11.5 Å². The summed E-state index contributed by atoms with van der Waals surface area (Å²) in [6, 6.07) is 5.08. The van der Waals surface area contributed by atoms with Gasteiger partial charge in [-0.25, -0.2) is 0 Å². The van der Waals surface area contributed by atoms with Gasteiger partial charge in [0.1, 0.15) is 0 Å². The SMILES string of the molecule is COc1cc(CO)ccc1O[C@H]1C[C@@H](O)CC(CO)O1. The quantitative estimate of drug-likeness (QED) is 0.726. The van der Waals surface area contributed by atoms with Gasteiger partial charge < -0.3 is 29.5 Å². The number of ether oxygens (including phenoxy) is 3. The summed E-state index contributed by atoms with van der Waals surface area (Å²) in [5.74, 6) is 0.959. The second-order valence-electron chi connectivity index (χ2n) is 4.76. The van der Waals surface area contributed by atoms with Gasteiger partial charge in [0.2, 0.25) is 6.29 Å². The Bertz CT molecular complexity index is 436. The average Bonchev–Trinajstić information content (AvgIpc) is 2.47. The van der Waals surface area contributed by atoms with Crippen LogP contribution in [0.15, 0.2) is 18.2 Å². The third-order valence-corrected chi connectivity index (χ3v) is 3.22. The van der Waals surface area contributed by atoms with Crippen molar-refractivity contribution in [3.05, 3.63) is 23.8 Å². The molecule has 3 N–H and O–H groups in total. The first-order valence-corrected chi connectivity index (χ1v) is 6.55. The maximum atomic E-state index is 9.73. The second kappa shape index (κ2) is 6.90. The fourth-order valence-electron chi connectivity index (χ4n) is 2.19. The van der Waals surface area contributed by atoms with E-state index in [1.54, 1.807) is 18.2 Å². The van der Waals surface area contributed by atoms with Crippen LogP contribution in [0.2, 0.25) is 0 Å². The van der Waals surface area contributed by atoms with Crippen LogP contribution < -0.4 is 9.47 Å². The van der Waals surface area contributed by atoms with Crippen LogP contribution in [0.4, 0.5) is 0 Å². The number of benzene rings is 1. The van der Waals surface area contributed by atoms with E-state index in [-0.39, 0.29) is 13.2 Å². The Kier molecular flexibility index (Phi) is 5.19. The fourth-order valence-corrected chi connectivity index (χ4v) is 2.19.